The number of amides is 1. The second-order valence-corrected chi connectivity index (χ2v) is 6.44. The van der Waals surface area contributed by atoms with E-state index >= 15 is 0 Å². The fourth-order valence-electron chi connectivity index (χ4n) is 2.64. The van der Waals surface area contributed by atoms with Crippen molar-refractivity contribution in [1.82, 2.24) is 4.98 Å². The first kappa shape index (κ1) is 19.3. The van der Waals surface area contributed by atoms with E-state index in [0.717, 1.165) is 11.1 Å². The number of hydrogen-bond acceptors (Lipinski definition) is 6. The molecule has 0 saturated carbocycles. The molecule has 3 rings (SSSR count). The number of aryl methyl sites for hydroxylation is 2. The number of fused-ring (bicyclic) bond motifs is 1. The predicted octanol–water partition coefficient (Wildman–Crippen LogP) is 4.74. The van der Waals surface area contributed by atoms with Crippen LogP contribution in [0.3, 0.4) is 0 Å². The van der Waals surface area contributed by atoms with Crippen molar-refractivity contribution in [3.63, 3.8) is 0 Å². The largest absolute Gasteiger partial charge is 0.493 e. The van der Waals surface area contributed by atoms with Gasteiger partial charge in [-0.1, -0.05) is 11.6 Å². The van der Waals surface area contributed by atoms with Crippen LogP contribution in [0.1, 0.15) is 11.1 Å². The normalized spacial score (nSPS) is 11.2. The van der Waals surface area contributed by atoms with Gasteiger partial charge in [-0.15, -0.1) is 10.2 Å². The Labute approximate surface area is 163 Å². The van der Waals surface area contributed by atoms with Gasteiger partial charge in [-0.3, -0.25) is 14.9 Å². The van der Waals surface area contributed by atoms with Gasteiger partial charge in [-0.25, -0.2) is 0 Å². The summed E-state index contributed by atoms with van der Waals surface area (Å²) in [4.78, 5) is 24.9. The third-order valence-electron chi connectivity index (χ3n) is 3.98. The molecule has 0 saturated heterocycles. The summed E-state index contributed by atoms with van der Waals surface area (Å²) in [5, 5.41) is 29.0. The van der Waals surface area contributed by atoms with Crippen LogP contribution in [0.25, 0.3) is 10.9 Å². The Bertz CT molecular complexity index is 1100. The maximum Gasteiger partial charge on any atom is 0.302 e. The molecule has 10 heteroatoms. The number of nitro benzene ring substituents is 1. The SMILES string of the molecule is Cc1cc(OCC(=O)N=Nc2c(O)[nH]c3ccc([N+](=O)[O-])cc23)cc(C)c1Cl. The third-order valence-corrected chi connectivity index (χ3v) is 4.58. The molecule has 0 aliphatic heterocycles. The smallest absolute Gasteiger partial charge is 0.302 e. The van der Waals surface area contributed by atoms with Gasteiger partial charge in [0.25, 0.3) is 5.69 Å². The fraction of sp³-hybridized carbons (Fsp3) is 0.167. The molecule has 9 nitrogen and oxygen atoms in total. The van der Waals surface area contributed by atoms with Gasteiger partial charge in [-0.2, -0.15) is 0 Å². The molecule has 3 aromatic rings. The topological polar surface area (TPSA) is 130 Å². The van der Waals surface area contributed by atoms with Crippen LogP contribution in [-0.2, 0) is 4.79 Å². The van der Waals surface area contributed by atoms with Crippen LogP contribution in [-0.4, -0.2) is 27.5 Å². The van der Waals surface area contributed by atoms with Crippen molar-refractivity contribution >= 4 is 39.8 Å². The summed E-state index contributed by atoms with van der Waals surface area (Å²) in [7, 11) is 0. The molecule has 0 unspecified atom stereocenters. The summed E-state index contributed by atoms with van der Waals surface area (Å²) < 4.78 is 5.40. The van der Waals surface area contributed by atoms with Gasteiger partial charge in [-0.05, 0) is 43.2 Å². The number of nitrogens with one attached hydrogen (secondary N) is 1. The minimum Gasteiger partial charge on any atom is -0.493 e. The summed E-state index contributed by atoms with van der Waals surface area (Å²) in [5.41, 5.74) is 1.82. The Morgan fingerprint density at radius 2 is 1.96 bits per heavy atom. The Morgan fingerprint density at radius 3 is 2.61 bits per heavy atom. The van der Waals surface area contributed by atoms with Gasteiger partial charge >= 0.3 is 5.91 Å². The average Bonchev–Trinajstić information content (AvgIpc) is 2.96. The molecule has 1 heterocycles. The van der Waals surface area contributed by atoms with Crippen LogP contribution in [0, 0.1) is 24.0 Å². The summed E-state index contributed by atoms with van der Waals surface area (Å²) in [5.74, 6) is -0.574. The van der Waals surface area contributed by atoms with Crippen LogP contribution in [0.2, 0.25) is 5.02 Å². The average molecular weight is 403 g/mol. The first-order valence-corrected chi connectivity index (χ1v) is 8.47. The van der Waals surface area contributed by atoms with Crippen molar-refractivity contribution in [2.75, 3.05) is 6.61 Å². The molecule has 0 radical (unpaired) electrons. The molecule has 0 fully saturated rings. The second kappa shape index (κ2) is 7.65. The Balaban J connectivity index is 1.76. The first-order chi connectivity index (χ1) is 13.3. The summed E-state index contributed by atoms with van der Waals surface area (Å²) in [6, 6.07) is 7.35. The standard InChI is InChI=1S/C18H15ClN4O5/c1-9-5-12(6-10(2)16(9)19)28-8-15(24)21-22-17-13-7-11(23(26)27)3-4-14(13)20-18(17)25/h3-7,20,25H,8H2,1-2H3. The zero-order chi connectivity index (χ0) is 20.4. The van der Waals surface area contributed by atoms with Crippen molar-refractivity contribution in [1.29, 1.82) is 0 Å². The first-order valence-electron chi connectivity index (χ1n) is 8.09. The lowest BCUT2D eigenvalue weighted by molar-refractivity contribution is -0.384. The van der Waals surface area contributed by atoms with E-state index in [9.17, 15) is 20.0 Å². The molecule has 1 aromatic heterocycles. The lowest BCUT2D eigenvalue weighted by Gasteiger charge is -2.08. The van der Waals surface area contributed by atoms with Gasteiger partial charge in [0, 0.05) is 22.5 Å². The number of carbonyl (C=O) groups excluding carboxylic acids is 1. The van der Waals surface area contributed by atoms with E-state index in [1.165, 1.54) is 18.2 Å². The van der Waals surface area contributed by atoms with Gasteiger partial charge in [0.2, 0.25) is 5.88 Å². The van der Waals surface area contributed by atoms with E-state index in [-0.39, 0.29) is 29.2 Å². The number of nitro groups is 1. The number of benzene rings is 2. The molecule has 0 bridgehead atoms. The number of carbonyl (C=O) groups is 1. The summed E-state index contributed by atoms with van der Waals surface area (Å²) in [6.07, 6.45) is 0. The van der Waals surface area contributed by atoms with E-state index in [2.05, 4.69) is 15.2 Å². The maximum absolute atomic E-state index is 12.0. The highest BCUT2D eigenvalue weighted by Gasteiger charge is 2.15. The van der Waals surface area contributed by atoms with Crippen molar-refractivity contribution in [3.8, 4) is 11.6 Å². The van der Waals surface area contributed by atoms with Crippen LogP contribution < -0.4 is 4.74 Å². The molecule has 0 atom stereocenters. The highest BCUT2D eigenvalue weighted by Crippen LogP contribution is 2.37. The van der Waals surface area contributed by atoms with Crippen LogP contribution in [0.4, 0.5) is 11.4 Å². The van der Waals surface area contributed by atoms with Crippen molar-refractivity contribution in [3.05, 3.63) is 56.6 Å². The lowest BCUT2D eigenvalue weighted by Crippen LogP contribution is -2.08. The van der Waals surface area contributed by atoms with Crippen molar-refractivity contribution in [2.45, 2.75) is 13.8 Å². The third kappa shape index (κ3) is 3.94. The zero-order valence-corrected chi connectivity index (χ0v) is 15.6. The summed E-state index contributed by atoms with van der Waals surface area (Å²) in [6.45, 7) is 3.28. The molecule has 1 amide bonds. The number of nitrogens with zero attached hydrogens (tertiary/aromatic N) is 3. The number of azo groups is 1. The number of aromatic amines is 1. The van der Waals surface area contributed by atoms with Crippen LogP contribution in [0.5, 0.6) is 11.6 Å². The van der Waals surface area contributed by atoms with Gasteiger partial charge in [0.1, 0.15) is 5.75 Å². The molecule has 0 aliphatic rings. The minimum atomic E-state index is -0.690. The Morgan fingerprint density at radius 1 is 1.29 bits per heavy atom. The fourth-order valence-corrected chi connectivity index (χ4v) is 2.74. The summed E-state index contributed by atoms with van der Waals surface area (Å²) >= 11 is 6.09. The molecular weight excluding hydrogens is 388 g/mol. The molecule has 2 aromatic carbocycles. The number of H-pyrrole nitrogens is 1. The van der Waals surface area contributed by atoms with E-state index in [1.54, 1.807) is 12.1 Å². The number of rotatable bonds is 5. The minimum absolute atomic E-state index is 0.0646. The highest BCUT2D eigenvalue weighted by molar-refractivity contribution is 6.32. The number of ether oxygens (including phenoxy) is 1. The molecule has 0 spiro atoms. The second-order valence-electron chi connectivity index (χ2n) is 6.06. The number of hydrogen-bond donors (Lipinski definition) is 2. The van der Waals surface area contributed by atoms with Crippen molar-refractivity contribution < 1.29 is 19.6 Å². The zero-order valence-electron chi connectivity index (χ0n) is 14.9. The van der Waals surface area contributed by atoms with Gasteiger partial charge in [0.15, 0.2) is 12.3 Å². The number of halogens is 1. The number of aromatic hydroxyl groups is 1. The molecule has 2 N–H and O–H groups in total. The van der Waals surface area contributed by atoms with Gasteiger partial charge < -0.3 is 14.8 Å². The van der Waals surface area contributed by atoms with E-state index in [1.807, 2.05) is 13.8 Å². The van der Waals surface area contributed by atoms with E-state index in [4.69, 9.17) is 16.3 Å². The molecule has 0 aliphatic carbocycles. The highest BCUT2D eigenvalue weighted by atomic mass is 35.5. The monoisotopic (exact) mass is 402 g/mol. The Hall–Kier alpha value is -3.46. The molecular formula is C18H15ClN4O5. The maximum atomic E-state index is 12.0. The van der Waals surface area contributed by atoms with E-state index in [0.29, 0.717) is 16.3 Å². The van der Waals surface area contributed by atoms with Crippen molar-refractivity contribution in [2.24, 2.45) is 10.2 Å². The number of non-ortho nitro benzene ring substituents is 1. The molecule has 28 heavy (non-hydrogen) atoms. The van der Waals surface area contributed by atoms with Gasteiger partial charge in [0.05, 0.1) is 10.4 Å². The van der Waals surface area contributed by atoms with Crippen LogP contribution >= 0.6 is 11.6 Å². The number of aromatic nitrogens is 1. The molecule has 144 valence electrons. The van der Waals surface area contributed by atoms with Crippen LogP contribution in [0.15, 0.2) is 40.6 Å². The van der Waals surface area contributed by atoms with E-state index < -0.39 is 10.8 Å². The predicted molar refractivity (Wildman–Crippen MR) is 103 cm³/mol. The Kier molecular flexibility index (Phi) is 5.27. The lowest BCUT2D eigenvalue weighted by atomic mass is 10.1. The quantitative estimate of drug-likeness (QED) is 0.361.